The second-order valence-corrected chi connectivity index (χ2v) is 9.41. The molecule has 0 N–H and O–H groups in total. The minimum atomic E-state index is 0.0467. The molecule has 1 aliphatic carbocycles. The number of rotatable bonds is 2. The predicted octanol–water partition coefficient (Wildman–Crippen LogP) is 6.75. The van der Waals surface area contributed by atoms with Crippen molar-refractivity contribution in [1.29, 1.82) is 0 Å². The maximum atomic E-state index is 2.72. The van der Waals surface area contributed by atoms with E-state index in [4.69, 9.17) is 0 Å². The Morgan fingerprint density at radius 1 is 0.786 bits per heavy atom. The van der Waals surface area contributed by atoms with Crippen LogP contribution in [0.5, 0.6) is 0 Å². The Morgan fingerprint density at radius 3 is 2.14 bits per heavy atom. The van der Waals surface area contributed by atoms with Crippen molar-refractivity contribution in [3.05, 3.63) is 71.1 Å². The molecule has 28 heavy (non-hydrogen) atoms. The summed E-state index contributed by atoms with van der Waals surface area (Å²) in [4.78, 5) is 5.39. The largest absolute Gasteiger partial charge is 0.322 e. The van der Waals surface area contributed by atoms with Crippen molar-refractivity contribution in [2.75, 3.05) is 9.80 Å². The zero-order valence-electron chi connectivity index (χ0n) is 17.7. The quantitative estimate of drug-likeness (QED) is 0.575. The summed E-state index contributed by atoms with van der Waals surface area (Å²) in [5.41, 5.74) is 8.65. The molecule has 3 aliphatic rings. The van der Waals surface area contributed by atoms with E-state index in [0.717, 1.165) is 0 Å². The number of fused-ring (bicyclic) bond motifs is 3. The van der Waals surface area contributed by atoms with Gasteiger partial charge in [0.05, 0.1) is 0 Å². The summed E-state index contributed by atoms with van der Waals surface area (Å²) in [6.45, 7) is 9.42. The zero-order valence-corrected chi connectivity index (χ0v) is 17.7. The van der Waals surface area contributed by atoms with Crippen molar-refractivity contribution in [2.24, 2.45) is 5.92 Å². The third-order valence-electron chi connectivity index (χ3n) is 7.35. The number of allylic oxidation sites excluding steroid dienone is 2. The van der Waals surface area contributed by atoms with E-state index in [9.17, 15) is 0 Å². The van der Waals surface area contributed by atoms with Gasteiger partial charge in [-0.2, -0.15) is 0 Å². The topological polar surface area (TPSA) is 6.48 Å². The molecule has 1 atom stereocenters. The molecule has 2 aliphatic heterocycles. The van der Waals surface area contributed by atoms with Gasteiger partial charge in [-0.25, -0.2) is 0 Å². The molecular formula is C26H32N2. The first kappa shape index (κ1) is 17.8. The van der Waals surface area contributed by atoms with Gasteiger partial charge in [-0.05, 0) is 55.9 Å². The van der Waals surface area contributed by atoms with Gasteiger partial charge in [0.1, 0.15) is 6.17 Å². The molecule has 2 nitrogen and oxygen atoms in total. The number of hydrogen-bond donors (Lipinski definition) is 0. The lowest BCUT2D eigenvalue weighted by molar-refractivity contribution is 0.306. The van der Waals surface area contributed by atoms with Crippen molar-refractivity contribution in [1.82, 2.24) is 0 Å². The molecule has 0 saturated heterocycles. The SMILES string of the molecule is CC1=C2N(c3ccccc3C2(C)C)C(C2CCCCC2)N1c1ccccc1C. The Labute approximate surface area is 169 Å². The summed E-state index contributed by atoms with van der Waals surface area (Å²) < 4.78 is 0. The van der Waals surface area contributed by atoms with Crippen LogP contribution in [-0.2, 0) is 5.41 Å². The van der Waals surface area contributed by atoms with Crippen LogP contribution in [0.15, 0.2) is 59.9 Å². The van der Waals surface area contributed by atoms with Crippen LogP contribution >= 0.6 is 0 Å². The number of benzene rings is 2. The maximum absolute atomic E-state index is 2.72. The Bertz CT molecular complexity index is 933. The van der Waals surface area contributed by atoms with E-state index in [0.29, 0.717) is 12.1 Å². The lowest BCUT2D eigenvalue weighted by Crippen LogP contribution is -2.46. The summed E-state index contributed by atoms with van der Waals surface area (Å²) in [5, 5.41) is 0. The van der Waals surface area contributed by atoms with Crippen molar-refractivity contribution in [2.45, 2.75) is 71.4 Å². The highest BCUT2D eigenvalue weighted by atomic mass is 15.4. The summed E-state index contributed by atoms with van der Waals surface area (Å²) in [5.74, 6) is 0.711. The van der Waals surface area contributed by atoms with Crippen molar-refractivity contribution in [3.63, 3.8) is 0 Å². The van der Waals surface area contributed by atoms with Crippen molar-refractivity contribution < 1.29 is 0 Å². The minimum Gasteiger partial charge on any atom is -0.322 e. The second kappa shape index (κ2) is 6.40. The first-order valence-electron chi connectivity index (χ1n) is 11.0. The monoisotopic (exact) mass is 372 g/mol. The smallest absolute Gasteiger partial charge is 0.113 e. The van der Waals surface area contributed by atoms with Crippen LogP contribution in [0.2, 0.25) is 0 Å². The molecule has 2 heterocycles. The summed E-state index contributed by atoms with van der Waals surface area (Å²) in [7, 11) is 0. The number of para-hydroxylation sites is 2. The van der Waals surface area contributed by atoms with Crippen molar-refractivity contribution in [3.8, 4) is 0 Å². The first-order valence-corrected chi connectivity index (χ1v) is 11.0. The fourth-order valence-electron chi connectivity index (χ4n) is 6.10. The van der Waals surface area contributed by atoms with E-state index in [1.807, 2.05) is 0 Å². The lowest BCUT2D eigenvalue weighted by Gasteiger charge is -2.41. The van der Waals surface area contributed by atoms with E-state index in [2.05, 4.69) is 86.0 Å². The third-order valence-corrected chi connectivity index (χ3v) is 7.35. The lowest BCUT2D eigenvalue weighted by atomic mass is 9.83. The number of aryl methyl sites for hydroxylation is 1. The molecular weight excluding hydrogens is 340 g/mol. The predicted molar refractivity (Wildman–Crippen MR) is 119 cm³/mol. The molecule has 0 bridgehead atoms. The van der Waals surface area contributed by atoms with E-state index in [1.165, 1.54) is 66.0 Å². The number of hydrogen-bond acceptors (Lipinski definition) is 2. The Balaban J connectivity index is 1.72. The average molecular weight is 373 g/mol. The molecule has 1 saturated carbocycles. The maximum Gasteiger partial charge on any atom is 0.113 e. The molecule has 0 radical (unpaired) electrons. The summed E-state index contributed by atoms with van der Waals surface area (Å²) in [6.07, 6.45) is 7.22. The standard InChI is InChI=1S/C26H32N2/c1-18-12-8-10-16-22(18)27-19(2)24-26(3,4)21-15-9-11-17-23(21)28(24)25(27)20-13-6-5-7-14-20/h8-12,15-17,20,25H,5-7,13-14H2,1-4H3. The van der Waals surface area contributed by atoms with Crippen LogP contribution in [0.4, 0.5) is 11.4 Å². The van der Waals surface area contributed by atoms with Gasteiger partial charge >= 0.3 is 0 Å². The van der Waals surface area contributed by atoms with Crippen LogP contribution in [0, 0.1) is 12.8 Å². The molecule has 1 fully saturated rings. The van der Waals surface area contributed by atoms with E-state index in [1.54, 1.807) is 0 Å². The third kappa shape index (κ3) is 2.40. The van der Waals surface area contributed by atoms with Gasteiger partial charge < -0.3 is 9.80 Å². The fourth-order valence-corrected chi connectivity index (χ4v) is 6.10. The van der Waals surface area contributed by atoms with Crippen LogP contribution in [0.1, 0.15) is 64.0 Å². The van der Waals surface area contributed by atoms with Gasteiger partial charge in [-0.15, -0.1) is 0 Å². The average Bonchev–Trinajstić information content (AvgIpc) is 3.14. The highest BCUT2D eigenvalue weighted by Gasteiger charge is 2.52. The van der Waals surface area contributed by atoms with Crippen LogP contribution in [0.25, 0.3) is 0 Å². The van der Waals surface area contributed by atoms with Gasteiger partial charge in [0, 0.05) is 28.2 Å². The van der Waals surface area contributed by atoms with E-state index < -0.39 is 0 Å². The first-order chi connectivity index (χ1) is 13.5. The Hall–Kier alpha value is -2.22. The molecule has 2 aromatic rings. The van der Waals surface area contributed by atoms with Gasteiger partial charge in [0.15, 0.2) is 0 Å². The zero-order chi connectivity index (χ0) is 19.5. The molecule has 2 heteroatoms. The molecule has 0 spiro atoms. The number of anilines is 2. The summed E-state index contributed by atoms with van der Waals surface area (Å²) >= 11 is 0. The molecule has 2 aromatic carbocycles. The van der Waals surface area contributed by atoms with Gasteiger partial charge in [-0.1, -0.05) is 69.5 Å². The van der Waals surface area contributed by atoms with E-state index >= 15 is 0 Å². The highest BCUT2D eigenvalue weighted by Crippen LogP contribution is 2.56. The molecule has 1 unspecified atom stereocenters. The molecule has 5 rings (SSSR count). The van der Waals surface area contributed by atoms with Crippen LogP contribution in [0.3, 0.4) is 0 Å². The van der Waals surface area contributed by atoms with Crippen molar-refractivity contribution >= 4 is 11.4 Å². The Kier molecular flexibility index (Phi) is 4.08. The summed E-state index contributed by atoms with van der Waals surface area (Å²) in [6, 6.07) is 18.0. The van der Waals surface area contributed by atoms with Gasteiger partial charge in [0.25, 0.3) is 0 Å². The van der Waals surface area contributed by atoms with Crippen LogP contribution < -0.4 is 9.80 Å². The molecule has 146 valence electrons. The van der Waals surface area contributed by atoms with Crippen LogP contribution in [-0.4, -0.2) is 6.17 Å². The number of nitrogens with zero attached hydrogens (tertiary/aromatic N) is 2. The minimum absolute atomic E-state index is 0.0467. The van der Waals surface area contributed by atoms with E-state index in [-0.39, 0.29) is 5.41 Å². The fraction of sp³-hybridized carbons (Fsp3) is 0.462. The van der Waals surface area contributed by atoms with Gasteiger partial charge in [0.2, 0.25) is 0 Å². The van der Waals surface area contributed by atoms with Gasteiger partial charge in [-0.3, -0.25) is 0 Å². The second-order valence-electron chi connectivity index (χ2n) is 9.41. The molecule has 0 amide bonds. The normalized spacial score (nSPS) is 23.9. The molecule has 0 aromatic heterocycles. The Morgan fingerprint density at radius 2 is 1.43 bits per heavy atom. The highest BCUT2D eigenvalue weighted by molar-refractivity contribution is 5.78.